The maximum absolute atomic E-state index is 13.0. The molecule has 0 aliphatic rings. The molecular weight excluding hydrogens is 228 g/mol. The molecule has 0 heterocycles. The summed E-state index contributed by atoms with van der Waals surface area (Å²) in [6.45, 7) is 3.29. The van der Waals surface area contributed by atoms with E-state index in [-0.39, 0.29) is 5.91 Å². The van der Waals surface area contributed by atoms with Gasteiger partial charge in [0, 0.05) is 7.11 Å². The SMILES string of the molecule is COC(C)C(=O)NC(C)c1ccc(F)c(F)c1. The fraction of sp³-hybridized carbons (Fsp3) is 0.417. The van der Waals surface area contributed by atoms with E-state index in [0.717, 1.165) is 12.1 Å². The number of benzene rings is 1. The Bertz CT molecular complexity index is 409. The molecule has 94 valence electrons. The van der Waals surface area contributed by atoms with Gasteiger partial charge in [0.2, 0.25) is 5.91 Å². The number of methoxy groups -OCH3 is 1. The van der Waals surface area contributed by atoms with E-state index in [1.54, 1.807) is 13.8 Å². The standard InChI is InChI=1S/C12H15F2NO2/c1-7(15-12(16)8(2)17-3)9-4-5-10(13)11(14)6-9/h4-8H,1-3H3,(H,15,16). The van der Waals surface area contributed by atoms with Crippen LogP contribution >= 0.6 is 0 Å². The molecule has 17 heavy (non-hydrogen) atoms. The Hall–Kier alpha value is -1.49. The first-order valence-electron chi connectivity index (χ1n) is 5.23. The first-order chi connectivity index (χ1) is 7.95. The third kappa shape index (κ3) is 3.49. The van der Waals surface area contributed by atoms with Crippen molar-refractivity contribution >= 4 is 5.91 Å². The lowest BCUT2D eigenvalue weighted by atomic mass is 10.1. The summed E-state index contributed by atoms with van der Waals surface area (Å²) < 4.78 is 30.6. The second kappa shape index (κ2) is 5.72. The van der Waals surface area contributed by atoms with Crippen molar-refractivity contribution in [1.82, 2.24) is 5.32 Å². The zero-order valence-electron chi connectivity index (χ0n) is 9.96. The van der Waals surface area contributed by atoms with E-state index < -0.39 is 23.8 Å². The summed E-state index contributed by atoms with van der Waals surface area (Å²) in [7, 11) is 1.42. The Labute approximate surface area is 98.8 Å². The maximum Gasteiger partial charge on any atom is 0.249 e. The van der Waals surface area contributed by atoms with Crippen LogP contribution in [-0.2, 0) is 9.53 Å². The van der Waals surface area contributed by atoms with Gasteiger partial charge in [0.15, 0.2) is 11.6 Å². The molecule has 5 heteroatoms. The molecule has 0 aliphatic carbocycles. The van der Waals surface area contributed by atoms with Gasteiger partial charge in [-0.3, -0.25) is 4.79 Å². The van der Waals surface area contributed by atoms with Crippen LogP contribution in [0.3, 0.4) is 0 Å². The largest absolute Gasteiger partial charge is 0.372 e. The Morgan fingerprint density at radius 2 is 1.94 bits per heavy atom. The average molecular weight is 243 g/mol. The first kappa shape index (κ1) is 13.6. The molecule has 0 aromatic heterocycles. The molecule has 0 spiro atoms. The lowest BCUT2D eigenvalue weighted by molar-refractivity contribution is -0.130. The summed E-state index contributed by atoms with van der Waals surface area (Å²) in [4.78, 5) is 11.5. The summed E-state index contributed by atoms with van der Waals surface area (Å²) in [5.41, 5.74) is 0.501. The van der Waals surface area contributed by atoms with E-state index in [1.165, 1.54) is 13.2 Å². The Morgan fingerprint density at radius 3 is 2.47 bits per heavy atom. The summed E-state index contributed by atoms with van der Waals surface area (Å²) in [5.74, 6) is -2.13. The van der Waals surface area contributed by atoms with E-state index in [9.17, 15) is 13.6 Å². The Morgan fingerprint density at radius 1 is 1.29 bits per heavy atom. The van der Waals surface area contributed by atoms with Crippen molar-refractivity contribution in [3.63, 3.8) is 0 Å². The number of ether oxygens (including phenoxy) is 1. The number of carbonyl (C=O) groups is 1. The highest BCUT2D eigenvalue weighted by Gasteiger charge is 2.16. The van der Waals surface area contributed by atoms with Crippen LogP contribution < -0.4 is 5.32 Å². The van der Waals surface area contributed by atoms with Crippen molar-refractivity contribution in [2.45, 2.75) is 26.0 Å². The highest BCUT2D eigenvalue weighted by molar-refractivity contribution is 5.80. The molecule has 0 radical (unpaired) electrons. The quantitative estimate of drug-likeness (QED) is 0.880. The van der Waals surface area contributed by atoms with E-state index in [4.69, 9.17) is 4.74 Å². The predicted octanol–water partition coefficient (Wildman–Crippen LogP) is 2.18. The van der Waals surface area contributed by atoms with Gasteiger partial charge in [-0.1, -0.05) is 6.07 Å². The van der Waals surface area contributed by atoms with Crippen LogP contribution in [0.25, 0.3) is 0 Å². The van der Waals surface area contributed by atoms with E-state index in [2.05, 4.69) is 5.32 Å². The van der Waals surface area contributed by atoms with Gasteiger partial charge in [-0.2, -0.15) is 0 Å². The molecule has 1 amide bonds. The van der Waals surface area contributed by atoms with Gasteiger partial charge < -0.3 is 10.1 Å². The molecular formula is C12H15F2NO2. The molecule has 1 aromatic carbocycles. The van der Waals surface area contributed by atoms with Crippen molar-refractivity contribution in [2.24, 2.45) is 0 Å². The van der Waals surface area contributed by atoms with Crippen LogP contribution in [0.2, 0.25) is 0 Å². The highest BCUT2D eigenvalue weighted by atomic mass is 19.2. The van der Waals surface area contributed by atoms with Crippen molar-refractivity contribution in [3.05, 3.63) is 35.4 Å². The maximum atomic E-state index is 13.0. The average Bonchev–Trinajstić information content (AvgIpc) is 2.31. The molecule has 0 aliphatic heterocycles. The zero-order valence-corrected chi connectivity index (χ0v) is 9.96. The minimum absolute atomic E-state index is 0.301. The van der Waals surface area contributed by atoms with Gasteiger partial charge in [0.25, 0.3) is 0 Å². The van der Waals surface area contributed by atoms with Crippen LogP contribution in [0, 0.1) is 11.6 Å². The number of amides is 1. The number of halogens is 2. The molecule has 0 bridgehead atoms. The molecule has 1 aromatic rings. The van der Waals surface area contributed by atoms with Crippen molar-refractivity contribution in [3.8, 4) is 0 Å². The minimum Gasteiger partial charge on any atom is -0.372 e. The Kier molecular flexibility index (Phi) is 4.57. The predicted molar refractivity (Wildman–Crippen MR) is 59.4 cm³/mol. The number of rotatable bonds is 4. The minimum atomic E-state index is -0.927. The van der Waals surface area contributed by atoms with E-state index in [1.807, 2.05) is 0 Å². The molecule has 0 fully saturated rings. The molecule has 0 saturated heterocycles. The Balaban J connectivity index is 2.73. The van der Waals surface area contributed by atoms with Gasteiger partial charge in [-0.25, -0.2) is 8.78 Å². The highest BCUT2D eigenvalue weighted by Crippen LogP contribution is 2.16. The molecule has 1 N–H and O–H groups in total. The topological polar surface area (TPSA) is 38.3 Å². The summed E-state index contributed by atoms with van der Waals surface area (Å²) in [6, 6.07) is 3.13. The van der Waals surface area contributed by atoms with Gasteiger partial charge in [0.1, 0.15) is 6.10 Å². The van der Waals surface area contributed by atoms with E-state index >= 15 is 0 Å². The van der Waals surface area contributed by atoms with Gasteiger partial charge in [-0.15, -0.1) is 0 Å². The van der Waals surface area contributed by atoms with Crippen LogP contribution in [0.1, 0.15) is 25.5 Å². The van der Waals surface area contributed by atoms with Gasteiger partial charge in [-0.05, 0) is 31.5 Å². The van der Waals surface area contributed by atoms with Crippen LogP contribution in [-0.4, -0.2) is 19.1 Å². The summed E-state index contributed by atoms with van der Waals surface area (Å²) >= 11 is 0. The smallest absolute Gasteiger partial charge is 0.249 e. The second-order valence-electron chi connectivity index (χ2n) is 3.78. The third-order valence-electron chi connectivity index (χ3n) is 2.53. The zero-order chi connectivity index (χ0) is 13.0. The lowest BCUT2D eigenvalue weighted by Crippen LogP contribution is -2.35. The molecule has 2 unspecified atom stereocenters. The van der Waals surface area contributed by atoms with E-state index in [0.29, 0.717) is 5.56 Å². The normalized spacial score (nSPS) is 14.2. The fourth-order valence-electron chi connectivity index (χ4n) is 1.30. The first-order valence-corrected chi connectivity index (χ1v) is 5.23. The fourth-order valence-corrected chi connectivity index (χ4v) is 1.30. The number of hydrogen-bond donors (Lipinski definition) is 1. The number of carbonyl (C=O) groups excluding carboxylic acids is 1. The lowest BCUT2D eigenvalue weighted by Gasteiger charge is -2.17. The van der Waals surface area contributed by atoms with Crippen molar-refractivity contribution < 1.29 is 18.3 Å². The number of nitrogens with one attached hydrogen (secondary N) is 1. The van der Waals surface area contributed by atoms with Crippen molar-refractivity contribution in [2.75, 3.05) is 7.11 Å². The molecule has 2 atom stereocenters. The summed E-state index contributed by atoms with van der Waals surface area (Å²) in [6.07, 6.45) is -0.581. The molecule has 3 nitrogen and oxygen atoms in total. The van der Waals surface area contributed by atoms with Crippen LogP contribution in [0.5, 0.6) is 0 Å². The van der Waals surface area contributed by atoms with Crippen LogP contribution in [0.4, 0.5) is 8.78 Å². The monoisotopic (exact) mass is 243 g/mol. The van der Waals surface area contributed by atoms with Crippen molar-refractivity contribution in [1.29, 1.82) is 0 Å². The molecule has 0 saturated carbocycles. The summed E-state index contributed by atoms with van der Waals surface area (Å²) in [5, 5.41) is 2.64. The van der Waals surface area contributed by atoms with Gasteiger partial charge in [0.05, 0.1) is 6.04 Å². The third-order valence-corrected chi connectivity index (χ3v) is 2.53. The van der Waals surface area contributed by atoms with Crippen LogP contribution in [0.15, 0.2) is 18.2 Å². The van der Waals surface area contributed by atoms with Gasteiger partial charge >= 0.3 is 0 Å². The second-order valence-corrected chi connectivity index (χ2v) is 3.78. The molecule has 1 rings (SSSR count). The number of hydrogen-bond acceptors (Lipinski definition) is 2.